The predicted molar refractivity (Wildman–Crippen MR) is 89.6 cm³/mol. The molecule has 6 nitrogen and oxygen atoms in total. The monoisotopic (exact) mass is 319 g/mol. The van der Waals surface area contributed by atoms with Crippen LogP contribution < -0.4 is 10.6 Å². The van der Waals surface area contributed by atoms with Crippen LogP contribution in [-0.2, 0) is 0 Å². The van der Waals surface area contributed by atoms with Crippen LogP contribution in [0.4, 0.5) is 10.5 Å². The molecule has 1 atom stereocenters. The summed E-state index contributed by atoms with van der Waals surface area (Å²) in [5, 5.41) is 13.9. The van der Waals surface area contributed by atoms with Gasteiger partial charge in [-0.2, -0.15) is 0 Å². The number of carbonyl (C=O) groups excluding carboxylic acids is 2. The zero-order valence-corrected chi connectivity index (χ0v) is 13.8. The molecule has 6 heteroatoms. The van der Waals surface area contributed by atoms with Gasteiger partial charge in [0, 0.05) is 30.9 Å². The van der Waals surface area contributed by atoms with Gasteiger partial charge in [0.2, 0.25) is 0 Å². The van der Waals surface area contributed by atoms with Crippen molar-refractivity contribution in [2.24, 2.45) is 5.92 Å². The van der Waals surface area contributed by atoms with Crippen molar-refractivity contribution < 1.29 is 14.7 Å². The van der Waals surface area contributed by atoms with E-state index in [4.69, 9.17) is 5.11 Å². The van der Waals surface area contributed by atoms with Crippen LogP contribution in [0, 0.1) is 12.8 Å². The Bertz CT molecular complexity index is 574. The third-order valence-corrected chi connectivity index (χ3v) is 4.06. The Morgan fingerprint density at radius 2 is 2.17 bits per heavy atom. The minimum Gasteiger partial charge on any atom is -0.395 e. The number of benzene rings is 1. The summed E-state index contributed by atoms with van der Waals surface area (Å²) in [6.45, 7) is 5.75. The summed E-state index contributed by atoms with van der Waals surface area (Å²) in [6.07, 6.45) is 2.23. The van der Waals surface area contributed by atoms with Gasteiger partial charge in [0.1, 0.15) is 0 Å². The van der Waals surface area contributed by atoms with Crippen molar-refractivity contribution in [2.45, 2.75) is 26.7 Å². The summed E-state index contributed by atoms with van der Waals surface area (Å²) in [7, 11) is 0. The van der Waals surface area contributed by atoms with Crippen molar-refractivity contribution in [3.8, 4) is 0 Å². The van der Waals surface area contributed by atoms with Crippen molar-refractivity contribution in [2.75, 3.05) is 31.6 Å². The Balaban J connectivity index is 2.03. The molecule has 1 aromatic rings. The average Bonchev–Trinajstić information content (AvgIpc) is 2.54. The van der Waals surface area contributed by atoms with Gasteiger partial charge in [-0.1, -0.05) is 6.92 Å². The van der Waals surface area contributed by atoms with Gasteiger partial charge in [-0.3, -0.25) is 4.79 Å². The molecule has 0 aromatic heterocycles. The topological polar surface area (TPSA) is 81.7 Å². The molecule has 1 aliphatic rings. The molecule has 1 aromatic carbocycles. The number of amides is 3. The van der Waals surface area contributed by atoms with Crippen LogP contribution in [0.3, 0.4) is 0 Å². The van der Waals surface area contributed by atoms with Crippen LogP contribution in [0.15, 0.2) is 18.2 Å². The summed E-state index contributed by atoms with van der Waals surface area (Å²) in [5.41, 5.74) is 2.14. The maximum absolute atomic E-state index is 12.6. The highest BCUT2D eigenvalue weighted by Crippen LogP contribution is 2.21. The fourth-order valence-corrected chi connectivity index (χ4v) is 2.83. The van der Waals surface area contributed by atoms with E-state index in [2.05, 4.69) is 17.6 Å². The first-order valence-electron chi connectivity index (χ1n) is 8.07. The second-order valence-corrected chi connectivity index (χ2v) is 6.13. The maximum atomic E-state index is 12.6. The van der Waals surface area contributed by atoms with E-state index in [1.54, 1.807) is 12.1 Å². The summed E-state index contributed by atoms with van der Waals surface area (Å²) in [6, 6.07) is 4.93. The molecule has 0 radical (unpaired) electrons. The quantitative estimate of drug-likeness (QED) is 0.794. The number of hydrogen-bond acceptors (Lipinski definition) is 3. The Labute approximate surface area is 136 Å². The van der Waals surface area contributed by atoms with Crippen LogP contribution in [0.1, 0.15) is 35.7 Å². The van der Waals surface area contributed by atoms with E-state index >= 15 is 0 Å². The van der Waals surface area contributed by atoms with Crippen LogP contribution in [0.25, 0.3) is 0 Å². The zero-order valence-electron chi connectivity index (χ0n) is 13.8. The zero-order chi connectivity index (χ0) is 16.8. The first-order chi connectivity index (χ1) is 11.0. The molecular weight excluding hydrogens is 294 g/mol. The number of rotatable bonds is 4. The number of piperidine rings is 1. The number of hydrogen-bond donors (Lipinski definition) is 3. The third kappa shape index (κ3) is 4.69. The number of nitrogens with zero attached hydrogens (tertiary/aromatic N) is 1. The second-order valence-electron chi connectivity index (χ2n) is 6.13. The van der Waals surface area contributed by atoms with Crippen molar-refractivity contribution in [3.63, 3.8) is 0 Å². The molecule has 1 aliphatic heterocycles. The number of nitrogens with one attached hydrogen (secondary N) is 2. The van der Waals surface area contributed by atoms with Crippen molar-refractivity contribution in [3.05, 3.63) is 29.3 Å². The van der Waals surface area contributed by atoms with Crippen LogP contribution in [-0.4, -0.2) is 48.2 Å². The lowest BCUT2D eigenvalue weighted by molar-refractivity contribution is 0.0683. The van der Waals surface area contributed by atoms with E-state index in [9.17, 15) is 9.59 Å². The van der Waals surface area contributed by atoms with E-state index in [-0.39, 0.29) is 25.1 Å². The highest BCUT2D eigenvalue weighted by Gasteiger charge is 2.22. The number of aliphatic hydroxyl groups excluding tert-OH is 1. The first-order valence-corrected chi connectivity index (χ1v) is 8.07. The summed E-state index contributed by atoms with van der Waals surface area (Å²) >= 11 is 0. The highest BCUT2D eigenvalue weighted by molar-refractivity contribution is 5.96. The Morgan fingerprint density at radius 3 is 2.83 bits per heavy atom. The number of likely N-dealkylation sites (tertiary alicyclic amines) is 1. The fourth-order valence-electron chi connectivity index (χ4n) is 2.83. The first kappa shape index (κ1) is 17.3. The van der Waals surface area contributed by atoms with Crippen LogP contribution in [0.2, 0.25) is 0 Å². The molecule has 0 saturated carbocycles. The molecule has 0 spiro atoms. The lowest BCUT2D eigenvalue weighted by atomic mass is 9.99. The van der Waals surface area contributed by atoms with Gasteiger partial charge in [0.15, 0.2) is 0 Å². The lowest BCUT2D eigenvalue weighted by Crippen LogP contribution is -2.39. The second kappa shape index (κ2) is 7.97. The number of anilines is 1. The molecular formula is C17H25N3O3. The number of urea groups is 1. The van der Waals surface area contributed by atoms with E-state index < -0.39 is 0 Å². The van der Waals surface area contributed by atoms with Gasteiger partial charge in [0.25, 0.3) is 5.91 Å². The van der Waals surface area contributed by atoms with Gasteiger partial charge in [-0.15, -0.1) is 0 Å². The van der Waals surface area contributed by atoms with E-state index in [0.717, 1.165) is 25.1 Å². The normalized spacial score (nSPS) is 17.7. The molecule has 1 heterocycles. The number of aryl methyl sites for hydroxylation is 1. The van der Waals surface area contributed by atoms with Crippen molar-refractivity contribution >= 4 is 17.6 Å². The molecule has 0 aliphatic carbocycles. The van der Waals surface area contributed by atoms with E-state index in [0.29, 0.717) is 17.2 Å². The molecule has 3 N–H and O–H groups in total. The predicted octanol–water partition coefficient (Wildman–Crippen LogP) is 1.98. The van der Waals surface area contributed by atoms with Gasteiger partial charge in [0.05, 0.1) is 6.61 Å². The average molecular weight is 319 g/mol. The van der Waals surface area contributed by atoms with Crippen LogP contribution in [0.5, 0.6) is 0 Å². The largest absolute Gasteiger partial charge is 0.395 e. The molecule has 3 amide bonds. The molecule has 1 unspecified atom stereocenters. The third-order valence-electron chi connectivity index (χ3n) is 4.06. The van der Waals surface area contributed by atoms with Crippen molar-refractivity contribution in [1.29, 1.82) is 0 Å². The Morgan fingerprint density at radius 1 is 1.39 bits per heavy atom. The van der Waals surface area contributed by atoms with Gasteiger partial charge < -0.3 is 20.6 Å². The van der Waals surface area contributed by atoms with E-state index in [1.807, 2.05) is 17.9 Å². The van der Waals surface area contributed by atoms with Gasteiger partial charge in [-0.05, 0) is 49.4 Å². The smallest absolute Gasteiger partial charge is 0.319 e. The molecule has 126 valence electrons. The van der Waals surface area contributed by atoms with Gasteiger partial charge >= 0.3 is 6.03 Å². The number of aliphatic hydroxyl groups is 1. The van der Waals surface area contributed by atoms with Crippen molar-refractivity contribution in [1.82, 2.24) is 10.2 Å². The van der Waals surface area contributed by atoms with Gasteiger partial charge in [-0.25, -0.2) is 4.79 Å². The van der Waals surface area contributed by atoms with E-state index in [1.165, 1.54) is 6.42 Å². The maximum Gasteiger partial charge on any atom is 0.319 e. The summed E-state index contributed by atoms with van der Waals surface area (Å²) in [4.78, 5) is 26.1. The fraction of sp³-hybridized carbons (Fsp3) is 0.529. The summed E-state index contributed by atoms with van der Waals surface area (Å²) in [5.74, 6) is 0.598. The Hall–Kier alpha value is -2.08. The molecule has 2 rings (SSSR count). The molecule has 23 heavy (non-hydrogen) atoms. The minimum absolute atomic E-state index is 0.0518. The highest BCUT2D eigenvalue weighted by atomic mass is 16.3. The van der Waals surface area contributed by atoms with Crippen LogP contribution >= 0.6 is 0 Å². The Kier molecular flexibility index (Phi) is 5.98. The molecule has 0 bridgehead atoms. The lowest BCUT2D eigenvalue weighted by Gasteiger charge is -2.31. The standard InChI is InChI=1S/C17H25N3O3/c1-12-4-3-8-20(11-12)16(22)14-5-6-15(13(2)10-14)19-17(23)18-7-9-21/h5-6,10,12,21H,3-4,7-9,11H2,1-2H3,(H2,18,19,23). The minimum atomic E-state index is -0.369. The number of carbonyl (C=O) groups is 2. The molecule has 1 fully saturated rings. The summed E-state index contributed by atoms with van der Waals surface area (Å²) < 4.78 is 0. The SMILES string of the molecule is Cc1cc(C(=O)N2CCCC(C)C2)ccc1NC(=O)NCCO. The molecule has 1 saturated heterocycles.